The number of hydrogen-bond donors (Lipinski definition) is 2. The zero-order chi connectivity index (χ0) is 19.4. The molecule has 3 rings (SSSR count). The van der Waals surface area contributed by atoms with Gasteiger partial charge in [0.05, 0.1) is 4.92 Å². The van der Waals surface area contributed by atoms with E-state index in [2.05, 4.69) is 15.5 Å². The highest BCUT2D eigenvalue weighted by Gasteiger charge is 2.15. The number of aryl methyl sites for hydroxylation is 1. The van der Waals surface area contributed by atoms with E-state index in [0.717, 1.165) is 18.8 Å². The molecule has 2 N–H and O–H groups in total. The molecule has 0 unspecified atom stereocenters. The van der Waals surface area contributed by atoms with Crippen molar-refractivity contribution in [3.8, 4) is 0 Å². The number of hydrogen-bond acceptors (Lipinski definition) is 5. The molecule has 1 amide bonds. The average molecular weight is 384 g/mol. The molecule has 140 valence electrons. The second kappa shape index (κ2) is 8.13. The fraction of sp³-hybridized carbons (Fsp3) is 0.263. The smallest absolute Gasteiger partial charge is 0.272 e. The van der Waals surface area contributed by atoms with E-state index in [0.29, 0.717) is 11.1 Å². The number of rotatable bonds is 4. The Balaban J connectivity index is 1.59. The Bertz CT molecular complexity index is 877. The van der Waals surface area contributed by atoms with Gasteiger partial charge in [-0.1, -0.05) is 0 Å². The molecule has 0 bridgehead atoms. The van der Waals surface area contributed by atoms with Crippen LogP contribution in [0.4, 0.5) is 17.1 Å². The van der Waals surface area contributed by atoms with Crippen molar-refractivity contribution in [1.29, 1.82) is 0 Å². The van der Waals surface area contributed by atoms with E-state index in [4.69, 9.17) is 12.2 Å². The van der Waals surface area contributed by atoms with Crippen molar-refractivity contribution in [3.05, 3.63) is 63.7 Å². The quantitative estimate of drug-likeness (QED) is 0.475. The van der Waals surface area contributed by atoms with E-state index in [9.17, 15) is 14.9 Å². The van der Waals surface area contributed by atoms with Crippen LogP contribution in [-0.2, 0) is 0 Å². The lowest BCUT2D eigenvalue weighted by atomic mass is 10.1. The van der Waals surface area contributed by atoms with Crippen molar-refractivity contribution in [2.45, 2.75) is 19.8 Å². The second-order valence-corrected chi connectivity index (χ2v) is 6.82. The standard InChI is InChI=1S/C19H20N4O3S/c1-13-12-14(4-9-17(13)23(25)26)18(24)21-19(27)20-15-5-7-16(8-6-15)22-10-2-3-11-22/h4-9,12H,2-3,10-11H2,1H3,(H2,20,21,24,27). The summed E-state index contributed by atoms with van der Waals surface area (Å²) in [5.41, 5.74) is 2.67. The van der Waals surface area contributed by atoms with Gasteiger partial charge in [-0.15, -0.1) is 0 Å². The SMILES string of the molecule is Cc1cc(C(=O)NC(=S)Nc2ccc(N3CCCC3)cc2)ccc1[N+](=O)[O-]. The molecule has 0 spiro atoms. The number of nitro groups is 1. The summed E-state index contributed by atoms with van der Waals surface area (Å²) in [6, 6.07) is 12.1. The third kappa shape index (κ3) is 4.59. The number of carbonyl (C=O) groups is 1. The molecule has 0 aliphatic carbocycles. The maximum absolute atomic E-state index is 12.3. The molecule has 0 radical (unpaired) electrons. The predicted molar refractivity (Wildman–Crippen MR) is 109 cm³/mol. The highest BCUT2D eigenvalue weighted by Crippen LogP contribution is 2.22. The lowest BCUT2D eigenvalue weighted by Gasteiger charge is -2.18. The average Bonchev–Trinajstić information content (AvgIpc) is 3.16. The van der Waals surface area contributed by atoms with E-state index in [1.807, 2.05) is 24.3 Å². The Morgan fingerprint density at radius 1 is 1.15 bits per heavy atom. The van der Waals surface area contributed by atoms with Crippen LogP contribution in [0.3, 0.4) is 0 Å². The van der Waals surface area contributed by atoms with Crippen LogP contribution >= 0.6 is 12.2 Å². The first-order valence-corrected chi connectivity index (χ1v) is 9.07. The summed E-state index contributed by atoms with van der Waals surface area (Å²) in [6.45, 7) is 3.75. The van der Waals surface area contributed by atoms with Crippen molar-refractivity contribution in [3.63, 3.8) is 0 Å². The maximum atomic E-state index is 12.3. The fourth-order valence-electron chi connectivity index (χ4n) is 3.07. The van der Waals surface area contributed by atoms with E-state index in [1.54, 1.807) is 6.92 Å². The van der Waals surface area contributed by atoms with Gasteiger partial charge in [-0.05, 0) is 68.4 Å². The molecular formula is C19H20N4O3S. The van der Waals surface area contributed by atoms with Crippen LogP contribution in [0.15, 0.2) is 42.5 Å². The van der Waals surface area contributed by atoms with Crippen LogP contribution in [0, 0.1) is 17.0 Å². The van der Waals surface area contributed by atoms with Crippen molar-refractivity contribution >= 4 is 40.3 Å². The minimum absolute atomic E-state index is 0.0228. The number of nitrogens with zero attached hydrogens (tertiary/aromatic N) is 2. The summed E-state index contributed by atoms with van der Waals surface area (Å²) in [6.07, 6.45) is 2.44. The number of benzene rings is 2. The Kier molecular flexibility index (Phi) is 5.66. The fourth-order valence-corrected chi connectivity index (χ4v) is 3.28. The molecule has 1 saturated heterocycles. The number of nitro benzene ring substituents is 1. The van der Waals surface area contributed by atoms with Crippen LogP contribution in [0.5, 0.6) is 0 Å². The minimum atomic E-state index is -0.477. The molecule has 1 aliphatic heterocycles. The van der Waals surface area contributed by atoms with Crippen molar-refractivity contribution in [1.82, 2.24) is 5.32 Å². The summed E-state index contributed by atoms with van der Waals surface area (Å²) in [5.74, 6) is -0.417. The van der Waals surface area contributed by atoms with E-state index >= 15 is 0 Å². The normalized spacial score (nSPS) is 13.3. The zero-order valence-corrected chi connectivity index (χ0v) is 15.7. The molecule has 1 heterocycles. The van der Waals surface area contributed by atoms with Gasteiger partial charge in [-0.3, -0.25) is 20.2 Å². The zero-order valence-electron chi connectivity index (χ0n) is 14.9. The summed E-state index contributed by atoms with van der Waals surface area (Å²) in [5, 5.41) is 16.6. The van der Waals surface area contributed by atoms with Gasteiger partial charge in [0.15, 0.2) is 5.11 Å². The van der Waals surface area contributed by atoms with Crippen LogP contribution < -0.4 is 15.5 Å². The molecular weight excluding hydrogens is 364 g/mol. The molecule has 7 nitrogen and oxygen atoms in total. The lowest BCUT2D eigenvalue weighted by molar-refractivity contribution is -0.385. The highest BCUT2D eigenvalue weighted by atomic mass is 32.1. The molecule has 27 heavy (non-hydrogen) atoms. The third-order valence-electron chi connectivity index (χ3n) is 4.48. The largest absolute Gasteiger partial charge is 0.372 e. The molecule has 8 heteroatoms. The van der Waals surface area contributed by atoms with E-state index in [-0.39, 0.29) is 10.8 Å². The molecule has 0 saturated carbocycles. The first kappa shape index (κ1) is 18.8. The topological polar surface area (TPSA) is 87.5 Å². The van der Waals surface area contributed by atoms with Crippen LogP contribution in [-0.4, -0.2) is 29.0 Å². The maximum Gasteiger partial charge on any atom is 0.272 e. The number of carbonyl (C=O) groups excluding carboxylic acids is 1. The predicted octanol–water partition coefficient (Wildman–Crippen LogP) is 3.63. The van der Waals surface area contributed by atoms with Gasteiger partial charge in [0.1, 0.15) is 0 Å². The molecule has 0 atom stereocenters. The molecule has 0 aromatic heterocycles. The monoisotopic (exact) mass is 384 g/mol. The van der Waals surface area contributed by atoms with Gasteiger partial charge in [0.2, 0.25) is 0 Å². The Morgan fingerprint density at radius 3 is 2.41 bits per heavy atom. The van der Waals surface area contributed by atoms with Gasteiger partial charge in [0.25, 0.3) is 11.6 Å². The molecule has 2 aromatic rings. The van der Waals surface area contributed by atoms with Crippen molar-refractivity contribution in [2.75, 3.05) is 23.3 Å². The first-order valence-electron chi connectivity index (χ1n) is 8.66. The van der Waals surface area contributed by atoms with Gasteiger partial charge < -0.3 is 10.2 Å². The molecule has 1 aliphatic rings. The Morgan fingerprint density at radius 2 is 1.81 bits per heavy atom. The third-order valence-corrected chi connectivity index (χ3v) is 4.68. The van der Waals surface area contributed by atoms with Crippen LogP contribution in [0.1, 0.15) is 28.8 Å². The van der Waals surface area contributed by atoms with E-state index < -0.39 is 10.8 Å². The molecule has 2 aromatic carbocycles. The van der Waals surface area contributed by atoms with Crippen molar-refractivity contribution < 1.29 is 9.72 Å². The van der Waals surface area contributed by atoms with Crippen molar-refractivity contribution in [2.24, 2.45) is 0 Å². The van der Waals surface area contributed by atoms with Gasteiger partial charge in [-0.25, -0.2) is 0 Å². The Labute approximate surface area is 162 Å². The van der Waals surface area contributed by atoms with Crippen LogP contribution in [0.2, 0.25) is 0 Å². The van der Waals surface area contributed by atoms with Crippen LogP contribution in [0.25, 0.3) is 0 Å². The minimum Gasteiger partial charge on any atom is -0.372 e. The first-order chi connectivity index (χ1) is 12.9. The van der Waals surface area contributed by atoms with Gasteiger partial charge >= 0.3 is 0 Å². The number of nitrogens with one attached hydrogen (secondary N) is 2. The summed E-state index contributed by atoms with van der Waals surface area (Å²) in [7, 11) is 0. The summed E-state index contributed by atoms with van der Waals surface area (Å²) >= 11 is 5.19. The molecule has 1 fully saturated rings. The number of anilines is 2. The van der Waals surface area contributed by atoms with Gasteiger partial charge in [-0.2, -0.15) is 0 Å². The summed E-state index contributed by atoms with van der Waals surface area (Å²) < 4.78 is 0. The van der Waals surface area contributed by atoms with Gasteiger partial charge in [0, 0.05) is 41.7 Å². The van der Waals surface area contributed by atoms with E-state index in [1.165, 1.54) is 36.7 Å². The Hall–Kier alpha value is -3.00. The number of amides is 1. The highest BCUT2D eigenvalue weighted by molar-refractivity contribution is 7.80. The lowest BCUT2D eigenvalue weighted by Crippen LogP contribution is -2.34. The summed E-state index contributed by atoms with van der Waals surface area (Å²) in [4.78, 5) is 25.0. The number of thiocarbonyl (C=S) groups is 1. The second-order valence-electron chi connectivity index (χ2n) is 6.41.